The Labute approximate surface area is 200 Å². The molecule has 0 aliphatic carbocycles. The van der Waals surface area contributed by atoms with E-state index in [4.69, 9.17) is 4.74 Å². The molecule has 1 aliphatic rings. The number of carbonyl (C=O) groups is 1. The molecule has 2 aromatic heterocycles. The van der Waals surface area contributed by atoms with E-state index in [0.717, 1.165) is 11.2 Å². The molecule has 0 bridgehead atoms. The number of amides is 1. The molecular formula is C23H32N6O4S. The van der Waals surface area contributed by atoms with Gasteiger partial charge >= 0.3 is 0 Å². The Kier molecular flexibility index (Phi) is 6.54. The summed E-state index contributed by atoms with van der Waals surface area (Å²) in [4.78, 5) is 17.4. The lowest BCUT2D eigenvalue weighted by Crippen LogP contribution is -2.40. The van der Waals surface area contributed by atoms with Gasteiger partial charge in [0.1, 0.15) is 11.6 Å². The summed E-state index contributed by atoms with van der Waals surface area (Å²) < 4.78 is 36.2. The van der Waals surface area contributed by atoms with Crippen molar-refractivity contribution in [3.05, 3.63) is 35.8 Å². The SMILES string of the molecule is Cn1nc(C(C)(C)C)cc1NC(=O)CCc1nc2cc(S(=O)(=O)N3CCOCC3)ccc2n1C. The van der Waals surface area contributed by atoms with E-state index in [9.17, 15) is 13.2 Å². The molecule has 1 aliphatic heterocycles. The van der Waals surface area contributed by atoms with Gasteiger partial charge < -0.3 is 14.6 Å². The number of morpholine rings is 1. The van der Waals surface area contributed by atoms with Crippen molar-refractivity contribution in [1.82, 2.24) is 23.6 Å². The molecule has 1 N–H and O–H groups in total. The van der Waals surface area contributed by atoms with Crippen molar-refractivity contribution in [2.24, 2.45) is 14.1 Å². The van der Waals surface area contributed by atoms with Crippen LogP contribution in [0.4, 0.5) is 5.82 Å². The Morgan fingerprint density at radius 3 is 2.50 bits per heavy atom. The second-order valence-corrected chi connectivity index (χ2v) is 11.5. The first-order valence-corrected chi connectivity index (χ1v) is 12.8. The number of aromatic nitrogens is 4. The first-order valence-electron chi connectivity index (χ1n) is 11.3. The van der Waals surface area contributed by atoms with E-state index in [0.29, 0.717) is 49.9 Å². The standard InChI is InChI=1S/C23H32N6O4S/c1-23(2,3)19-15-21(28(5)26-19)25-22(30)9-8-20-24-17-14-16(6-7-18(17)27(20)4)34(31,32)29-10-12-33-13-11-29/h6-7,14-15H,8-13H2,1-5H3,(H,25,30). The Balaban J connectivity index is 1.47. The predicted molar refractivity (Wildman–Crippen MR) is 129 cm³/mol. The molecule has 34 heavy (non-hydrogen) atoms. The molecule has 0 saturated carbocycles. The third kappa shape index (κ3) is 4.86. The minimum Gasteiger partial charge on any atom is -0.379 e. The van der Waals surface area contributed by atoms with Gasteiger partial charge in [-0.25, -0.2) is 13.4 Å². The summed E-state index contributed by atoms with van der Waals surface area (Å²) in [6, 6.07) is 6.88. The second kappa shape index (κ2) is 9.12. The highest BCUT2D eigenvalue weighted by Crippen LogP contribution is 2.25. The van der Waals surface area contributed by atoms with Crippen molar-refractivity contribution >= 4 is 32.8 Å². The minimum absolute atomic E-state index is 0.109. The Bertz CT molecular complexity index is 1310. The van der Waals surface area contributed by atoms with Crippen molar-refractivity contribution in [3.8, 4) is 0 Å². The minimum atomic E-state index is -3.60. The van der Waals surface area contributed by atoms with Gasteiger partial charge in [-0.05, 0) is 18.2 Å². The van der Waals surface area contributed by atoms with Crippen molar-refractivity contribution in [1.29, 1.82) is 0 Å². The zero-order chi connectivity index (χ0) is 24.7. The fourth-order valence-corrected chi connectivity index (χ4v) is 5.36. The largest absolute Gasteiger partial charge is 0.379 e. The Hall–Kier alpha value is -2.76. The number of carbonyl (C=O) groups excluding carboxylic acids is 1. The predicted octanol–water partition coefficient (Wildman–Crippen LogP) is 2.20. The molecule has 1 aromatic carbocycles. The number of ether oxygens (including phenoxy) is 1. The van der Waals surface area contributed by atoms with E-state index in [2.05, 4.69) is 36.2 Å². The summed E-state index contributed by atoms with van der Waals surface area (Å²) >= 11 is 0. The van der Waals surface area contributed by atoms with E-state index in [1.165, 1.54) is 4.31 Å². The van der Waals surface area contributed by atoms with E-state index in [1.807, 2.05) is 17.7 Å². The summed E-state index contributed by atoms with van der Waals surface area (Å²) in [5, 5.41) is 7.40. The number of imidazole rings is 1. The lowest BCUT2D eigenvalue weighted by atomic mass is 9.92. The number of sulfonamides is 1. The highest BCUT2D eigenvalue weighted by atomic mass is 32.2. The van der Waals surface area contributed by atoms with Crippen LogP contribution < -0.4 is 5.32 Å². The molecule has 0 spiro atoms. The molecule has 10 nitrogen and oxygen atoms in total. The van der Waals surface area contributed by atoms with E-state index in [-0.39, 0.29) is 22.6 Å². The van der Waals surface area contributed by atoms with Crippen molar-refractivity contribution in [3.63, 3.8) is 0 Å². The normalized spacial score (nSPS) is 15.7. The number of anilines is 1. The maximum Gasteiger partial charge on any atom is 0.243 e. The van der Waals surface area contributed by atoms with Crippen LogP contribution in [-0.4, -0.2) is 64.3 Å². The van der Waals surface area contributed by atoms with Crippen molar-refractivity contribution < 1.29 is 17.9 Å². The molecule has 4 rings (SSSR count). The van der Waals surface area contributed by atoms with Crippen molar-refractivity contribution in [2.75, 3.05) is 31.6 Å². The highest BCUT2D eigenvalue weighted by Gasteiger charge is 2.27. The maximum atomic E-state index is 13.0. The van der Waals surface area contributed by atoms with Crippen LogP contribution in [0, 0.1) is 0 Å². The third-order valence-electron chi connectivity index (χ3n) is 6.04. The van der Waals surface area contributed by atoms with Gasteiger partial charge in [0.15, 0.2) is 0 Å². The first kappa shape index (κ1) is 24.4. The van der Waals surface area contributed by atoms with Crippen LogP contribution in [-0.2, 0) is 45.5 Å². The highest BCUT2D eigenvalue weighted by molar-refractivity contribution is 7.89. The lowest BCUT2D eigenvalue weighted by molar-refractivity contribution is -0.116. The number of nitrogens with one attached hydrogen (secondary N) is 1. The number of fused-ring (bicyclic) bond motifs is 1. The molecule has 3 heterocycles. The van der Waals surface area contributed by atoms with Crippen molar-refractivity contribution in [2.45, 2.75) is 43.9 Å². The topological polar surface area (TPSA) is 111 Å². The van der Waals surface area contributed by atoms with E-state index in [1.54, 1.807) is 29.9 Å². The fourth-order valence-electron chi connectivity index (χ4n) is 3.93. The fraction of sp³-hybridized carbons (Fsp3) is 0.522. The summed E-state index contributed by atoms with van der Waals surface area (Å²) in [5.41, 5.74) is 2.21. The number of hydrogen-bond donors (Lipinski definition) is 1. The zero-order valence-corrected chi connectivity index (χ0v) is 21.1. The van der Waals surface area contributed by atoms with E-state index >= 15 is 0 Å². The zero-order valence-electron chi connectivity index (χ0n) is 20.3. The molecule has 0 radical (unpaired) electrons. The van der Waals surface area contributed by atoms with Gasteiger partial charge in [-0.15, -0.1) is 0 Å². The van der Waals surface area contributed by atoms with Gasteiger partial charge in [0.25, 0.3) is 0 Å². The molecule has 1 amide bonds. The number of nitrogens with zero attached hydrogens (tertiary/aromatic N) is 5. The maximum absolute atomic E-state index is 13.0. The molecule has 0 unspecified atom stereocenters. The summed E-state index contributed by atoms with van der Waals surface area (Å²) in [5.74, 6) is 1.23. The van der Waals surface area contributed by atoms with Crippen LogP contribution in [0.1, 0.15) is 38.7 Å². The summed E-state index contributed by atoms with van der Waals surface area (Å²) in [7, 11) is 0.0765. The van der Waals surface area contributed by atoms with Gasteiger partial charge in [-0.2, -0.15) is 9.40 Å². The second-order valence-electron chi connectivity index (χ2n) is 9.59. The molecular weight excluding hydrogens is 456 g/mol. The van der Waals surface area contributed by atoms with Gasteiger partial charge in [0, 0.05) is 51.5 Å². The van der Waals surface area contributed by atoms with Crippen LogP contribution in [0.3, 0.4) is 0 Å². The van der Waals surface area contributed by atoms with Gasteiger partial charge in [-0.3, -0.25) is 9.48 Å². The van der Waals surface area contributed by atoms with Crippen LogP contribution in [0.25, 0.3) is 11.0 Å². The number of benzene rings is 1. The molecule has 11 heteroatoms. The average Bonchev–Trinajstić information content (AvgIpc) is 3.32. The smallest absolute Gasteiger partial charge is 0.243 e. The molecule has 1 saturated heterocycles. The third-order valence-corrected chi connectivity index (χ3v) is 7.94. The number of rotatable bonds is 6. The van der Waals surface area contributed by atoms with Gasteiger partial charge in [0.05, 0.1) is 34.8 Å². The number of hydrogen-bond acceptors (Lipinski definition) is 6. The number of aryl methyl sites for hydroxylation is 3. The first-order chi connectivity index (χ1) is 16.0. The monoisotopic (exact) mass is 488 g/mol. The summed E-state index contributed by atoms with van der Waals surface area (Å²) in [6.45, 7) is 7.70. The molecule has 0 atom stereocenters. The Morgan fingerprint density at radius 1 is 1.15 bits per heavy atom. The van der Waals surface area contributed by atoms with Crippen LogP contribution in [0.5, 0.6) is 0 Å². The van der Waals surface area contributed by atoms with Gasteiger partial charge in [-0.1, -0.05) is 20.8 Å². The Morgan fingerprint density at radius 2 is 1.85 bits per heavy atom. The van der Waals surface area contributed by atoms with Crippen LogP contribution >= 0.6 is 0 Å². The average molecular weight is 489 g/mol. The summed E-state index contributed by atoms with van der Waals surface area (Å²) in [6.07, 6.45) is 0.665. The van der Waals surface area contributed by atoms with Crippen LogP contribution in [0.15, 0.2) is 29.2 Å². The molecule has 184 valence electrons. The molecule has 1 fully saturated rings. The molecule has 3 aromatic rings. The van der Waals surface area contributed by atoms with Crippen LogP contribution in [0.2, 0.25) is 0 Å². The lowest BCUT2D eigenvalue weighted by Gasteiger charge is -2.26. The van der Waals surface area contributed by atoms with Gasteiger partial charge in [0.2, 0.25) is 15.9 Å². The van der Waals surface area contributed by atoms with E-state index < -0.39 is 10.0 Å². The quantitative estimate of drug-likeness (QED) is 0.569.